The van der Waals surface area contributed by atoms with Crippen molar-refractivity contribution in [3.8, 4) is 0 Å². The van der Waals surface area contributed by atoms with Gasteiger partial charge in [-0.15, -0.1) is 0 Å². The summed E-state index contributed by atoms with van der Waals surface area (Å²) in [5.74, 6) is 0. The molecule has 0 N–H and O–H groups in total. The maximum absolute atomic E-state index is 5.36. The van der Waals surface area contributed by atoms with Gasteiger partial charge in [0.15, 0.2) is 0 Å². The monoisotopic (exact) mass is 164 g/mol. The van der Waals surface area contributed by atoms with Crippen LogP contribution >= 0.6 is 0 Å². The fourth-order valence-corrected chi connectivity index (χ4v) is 1.13. The number of ether oxygens (including phenoxy) is 1. The van der Waals surface area contributed by atoms with Crippen molar-refractivity contribution < 1.29 is 4.74 Å². The van der Waals surface area contributed by atoms with E-state index in [1.165, 1.54) is 5.57 Å². The molecule has 0 amide bonds. The third-order valence-electron chi connectivity index (χ3n) is 1.77. The summed E-state index contributed by atoms with van der Waals surface area (Å²) in [5, 5.41) is 0. The van der Waals surface area contributed by atoms with Crippen LogP contribution < -0.4 is 0 Å². The summed E-state index contributed by atoms with van der Waals surface area (Å²) in [6.07, 6.45) is 12.5. The predicted molar refractivity (Wildman–Crippen MR) is 51.8 cm³/mol. The first-order valence-corrected chi connectivity index (χ1v) is 4.41. The molecule has 0 radical (unpaired) electrons. The highest BCUT2D eigenvalue weighted by atomic mass is 16.5. The molecule has 1 aliphatic heterocycles. The summed E-state index contributed by atoms with van der Waals surface area (Å²) < 4.78 is 5.36. The van der Waals surface area contributed by atoms with Crippen LogP contribution in [0.5, 0.6) is 0 Å². The van der Waals surface area contributed by atoms with Gasteiger partial charge < -0.3 is 4.74 Å². The Morgan fingerprint density at radius 2 is 2.25 bits per heavy atom. The van der Waals surface area contributed by atoms with E-state index in [0.29, 0.717) is 0 Å². The van der Waals surface area contributed by atoms with Crippen LogP contribution in [0.2, 0.25) is 0 Å². The normalized spacial score (nSPS) is 20.3. The highest BCUT2D eigenvalue weighted by Crippen LogP contribution is 2.10. The summed E-state index contributed by atoms with van der Waals surface area (Å²) in [4.78, 5) is 0. The molecular formula is C11H16O. The lowest BCUT2D eigenvalue weighted by Crippen LogP contribution is -2.07. The zero-order valence-electron chi connectivity index (χ0n) is 7.79. The van der Waals surface area contributed by atoms with E-state index in [9.17, 15) is 0 Å². The molecule has 1 unspecified atom stereocenters. The topological polar surface area (TPSA) is 9.23 Å². The average Bonchev–Trinajstić information content (AvgIpc) is 2.05. The lowest BCUT2D eigenvalue weighted by Gasteiger charge is -2.13. The molecule has 1 nitrogen and oxygen atoms in total. The zero-order valence-corrected chi connectivity index (χ0v) is 7.79. The van der Waals surface area contributed by atoms with Gasteiger partial charge in [0.1, 0.15) is 6.10 Å². The van der Waals surface area contributed by atoms with Gasteiger partial charge in [-0.05, 0) is 38.8 Å². The molecule has 0 fully saturated rings. The van der Waals surface area contributed by atoms with E-state index in [1.807, 2.05) is 12.2 Å². The second-order valence-corrected chi connectivity index (χ2v) is 3.25. The van der Waals surface area contributed by atoms with Crippen LogP contribution in [0, 0.1) is 0 Å². The van der Waals surface area contributed by atoms with E-state index < -0.39 is 0 Å². The van der Waals surface area contributed by atoms with Gasteiger partial charge in [0, 0.05) is 0 Å². The first-order valence-electron chi connectivity index (χ1n) is 4.41. The Balaban J connectivity index is 2.20. The summed E-state index contributed by atoms with van der Waals surface area (Å²) in [7, 11) is 0. The SMILES string of the molecule is CC(C)=CCCC1C=CC=CO1. The molecular weight excluding hydrogens is 148 g/mol. The van der Waals surface area contributed by atoms with E-state index >= 15 is 0 Å². The van der Waals surface area contributed by atoms with Gasteiger partial charge >= 0.3 is 0 Å². The molecule has 1 heteroatoms. The smallest absolute Gasteiger partial charge is 0.117 e. The molecule has 1 rings (SSSR count). The molecule has 0 saturated heterocycles. The van der Waals surface area contributed by atoms with E-state index in [-0.39, 0.29) is 6.10 Å². The Hall–Kier alpha value is -0.980. The third-order valence-corrected chi connectivity index (χ3v) is 1.77. The summed E-state index contributed by atoms with van der Waals surface area (Å²) in [5.41, 5.74) is 1.38. The highest BCUT2D eigenvalue weighted by Gasteiger charge is 2.03. The van der Waals surface area contributed by atoms with Crippen molar-refractivity contribution in [3.63, 3.8) is 0 Å². The summed E-state index contributed by atoms with van der Waals surface area (Å²) in [6, 6.07) is 0. The van der Waals surface area contributed by atoms with Crippen molar-refractivity contribution in [1.29, 1.82) is 0 Å². The highest BCUT2D eigenvalue weighted by molar-refractivity contribution is 5.07. The number of hydrogen-bond donors (Lipinski definition) is 0. The molecule has 66 valence electrons. The van der Waals surface area contributed by atoms with Gasteiger partial charge in [-0.3, -0.25) is 0 Å². The maximum atomic E-state index is 5.36. The van der Waals surface area contributed by atoms with Crippen LogP contribution in [0.4, 0.5) is 0 Å². The first kappa shape index (κ1) is 9.11. The van der Waals surface area contributed by atoms with Gasteiger partial charge in [0.2, 0.25) is 0 Å². The fourth-order valence-electron chi connectivity index (χ4n) is 1.13. The number of rotatable bonds is 3. The van der Waals surface area contributed by atoms with Crippen molar-refractivity contribution in [1.82, 2.24) is 0 Å². The average molecular weight is 164 g/mol. The van der Waals surface area contributed by atoms with Crippen LogP contribution in [0.3, 0.4) is 0 Å². The van der Waals surface area contributed by atoms with Crippen LogP contribution in [0.1, 0.15) is 26.7 Å². The van der Waals surface area contributed by atoms with E-state index in [2.05, 4.69) is 26.0 Å². The summed E-state index contributed by atoms with van der Waals surface area (Å²) >= 11 is 0. The quantitative estimate of drug-likeness (QED) is 0.582. The van der Waals surface area contributed by atoms with Crippen LogP contribution in [-0.2, 0) is 4.74 Å². The molecule has 0 aromatic rings. The van der Waals surface area contributed by atoms with Gasteiger partial charge in [0.25, 0.3) is 0 Å². The lowest BCUT2D eigenvalue weighted by atomic mass is 10.1. The second-order valence-electron chi connectivity index (χ2n) is 3.25. The number of allylic oxidation sites excluding steroid dienone is 4. The first-order chi connectivity index (χ1) is 5.79. The molecule has 0 aromatic heterocycles. The lowest BCUT2D eigenvalue weighted by molar-refractivity contribution is 0.175. The zero-order chi connectivity index (χ0) is 8.81. The molecule has 0 bridgehead atoms. The molecule has 0 aliphatic carbocycles. The standard InChI is InChI=1S/C11H16O/c1-10(2)6-5-8-11-7-3-4-9-12-11/h3-4,6-7,9,11H,5,8H2,1-2H3. The molecule has 12 heavy (non-hydrogen) atoms. The fraction of sp³-hybridized carbons (Fsp3) is 0.455. The van der Waals surface area contributed by atoms with E-state index in [4.69, 9.17) is 4.74 Å². The van der Waals surface area contributed by atoms with Crippen molar-refractivity contribution in [2.75, 3.05) is 0 Å². The Kier molecular flexibility index (Phi) is 3.65. The Morgan fingerprint density at radius 1 is 1.42 bits per heavy atom. The number of hydrogen-bond acceptors (Lipinski definition) is 1. The third kappa shape index (κ3) is 3.42. The molecule has 1 atom stereocenters. The van der Waals surface area contributed by atoms with Crippen molar-refractivity contribution in [2.24, 2.45) is 0 Å². The minimum absolute atomic E-state index is 0.283. The summed E-state index contributed by atoms with van der Waals surface area (Å²) in [6.45, 7) is 4.24. The van der Waals surface area contributed by atoms with Gasteiger partial charge in [-0.2, -0.15) is 0 Å². The van der Waals surface area contributed by atoms with Crippen molar-refractivity contribution >= 4 is 0 Å². The van der Waals surface area contributed by atoms with Gasteiger partial charge in [0.05, 0.1) is 6.26 Å². The van der Waals surface area contributed by atoms with Crippen LogP contribution in [0.25, 0.3) is 0 Å². The molecule has 0 aromatic carbocycles. The molecule has 1 heterocycles. The van der Waals surface area contributed by atoms with Crippen molar-refractivity contribution in [3.05, 3.63) is 36.1 Å². The minimum Gasteiger partial charge on any atom is -0.494 e. The molecule has 0 saturated carbocycles. The molecule has 1 aliphatic rings. The van der Waals surface area contributed by atoms with Crippen molar-refractivity contribution in [2.45, 2.75) is 32.8 Å². The Bertz CT molecular complexity index is 207. The largest absolute Gasteiger partial charge is 0.494 e. The molecule has 0 spiro atoms. The minimum atomic E-state index is 0.283. The van der Waals surface area contributed by atoms with E-state index in [1.54, 1.807) is 6.26 Å². The maximum Gasteiger partial charge on any atom is 0.117 e. The van der Waals surface area contributed by atoms with Gasteiger partial charge in [-0.25, -0.2) is 0 Å². The van der Waals surface area contributed by atoms with Gasteiger partial charge in [-0.1, -0.05) is 17.7 Å². The Morgan fingerprint density at radius 3 is 2.83 bits per heavy atom. The Labute approximate surface area is 74.4 Å². The van der Waals surface area contributed by atoms with Crippen LogP contribution in [-0.4, -0.2) is 6.10 Å². The van der Waals surface area contributed by atoms with E-state index in [0.717, 1.165) is 12.8 Å². The second kappa shape index (κ2) is 4.81. The predicted octanol–water partition coefficient (Wildman–Crippen LogP) is 3.20. The van der Waals surface area contributed by atoms with Crippen LogP contribution in [0.15, 0.2) is 36.1 Å².